The number of rotatable bonds is 5. The van der Waals surface area contributed by atoms with E-state index in [4.69, 9.17) is 0 Å². The summed E-state index contributed by atoms with van der Waals surface area (Å²) in [6, 6.07) is 17.5. The zero-order valence-corrected chi connectivity index (χ0v) is 19.7. The standard InChI is InChI=1S/C25H30N4O3S/c1-19-7-9-22(10-8-19)33(31,32)28-16-13-23-24(18-28)26-29(25(23)30)21-11-14-27(15-12-21)17-20-5-3-2-4-6-20/h2-10,21,26H,11-18H2,1H3. The fourth-order valence-electron chi connectivity index (χ4n) is 4.92. The van der Waals surface area contributed by atoms with Gasteiger partial charge in [0.1, 0.15) is 0 Å². The zero-order valence-electron chi connectivity index (χ0n) is 18.9. The molecule has 2 aliphatic rings. The summed E-state index contributed by atoms with van der Waals surface area (Å²) < 4.78 is 29.5. The second-order valence-corrected chi connectivity index (χ2v) is 11.1. The van der Waals surface area contributed by atoms with Crippen molar-refractivity contribution in [2.75, 3.05) is 19.6 Å². The minimum atomic E-state index is -3.59. The third kappa shape index (κ3) is 4.43. The van der Waals surface area contributed by atoms with Crippen molar-refractivity contribution in [2.24, 2.45) is 0 Å². The number of hydrogen-bond donors (Lipinski definition) is 1. The maximum absolute atomic E-state index is 13.1. The minimum absolute atomic E-state index is 0.0129. The highest BCUT2D eigenvalue weighted by Crippen LogP contribution is 2.26. The van der Waals surface area contributed by atoms with Crippen molar-refractivity contribution in [1.29, 1.82) is 0 Å². The second-order valence-electron chi connectivity index (χ2n) is 9.14. The third-order valence-electron chi connectivity index (χ3n) is 6.87. The molecule has 5 rings (SSSR count). The van der Waals surface area contributed by atoms with Crippen LogP contribution in [0.5, 0.6) is 0 Å². The molecule has 0 unspecified atom stereocenters. The number of benzene rings is 2. The van der Waals surface area contributed by atoms with Crippen LogP contribution >= 0.6 is 0 Å². The molecule has 7 nitrogen and oxygen atoms in total. The molecule has 1 saturated heterocycles. The topological polar surface area (TPSA) is 78.4 Å². The predicted molar refractivity (Wildman–Crippen MR) is 128 cm³/mol. The van der Waals surface area contributed by atoms with Crippen LogP contribution in [0, 0.1) is 6.92 Å². The molecule has 0 bridgehead atoms. The summed E-state index contributed by atoms with van der Waals surface area (Å²) in [5.41, 5.74) is 3.80. The first-order valence-electron chi connectivity index (χ1n) is 11.6. The zero-order chi connectivity index (χ0) is 23.0. The Labute approximate surface area is 194 Å². The molecule has 2 aliphatic heterocycles. The van der Waals surface area contributed by atoms with E-state index in [2.05, 4.69) is 34.3 Å². The van der Waals surface area contributed by atoms with Gasteiger partial charge >= 0.3 is 0 Å². The van der Waals surface area contributed by atoms with E-state index >= 15 is 0 Å². The molecular formula is C25H30N4O3S. The fourth-order valence-corrected chi connectivity index (χ4v) is 6.33. The maximum Gasteiger partial charge on any atom is 0.270 e. The van der Waals surface area contributed by atoms with Crippen molar-refractivity contribution in [2.45, 2.75) is 50.2 Å². The highest BCUT2D eigenvalue weighted by atomic mass is 32.2. The first kappa shape index (κ1) is 22.1. The Kier molecular flexibility index (Phi) is 5.99. The van der Waals surface area contributed by atoms with Crippen LogP contribution in [-0.2, 0) is 29.5 Å². The van der Waals surface area contributed by atoms with Crippen molar-refractivity contribution in [3.05, 3.63) is 87.3 Å². The molecule has 1 N–H and O–H groups in total. The minimum Gasteiger partial charge on any atom is -0.299 e. The Morgan fingerprint density at radius 1 is 0.970 bits per heavy atom. The van der Waals surface area contributed by atoms with Crippen LogP contribution in [0.1, 0.15) is 41.3 Å². The molecule has 8 heteroatoms. The largest absolute Gasteiger partial charge is 0.299 e. The predicted octanol–water partition coefficient (Wildman–Crippen LogP) is 3.07. The number of piperidine rings is 1. The lowest BCUT2D eigenvalue weighted by Crippen LogP contribution is -2.38. The molecule has 0 amide bonds. The van der Waals surface area contributed by atoms with Crippen LogP contribution in [-0.4, -0.2) is 47.0 Å². The third-order valence-corrected chi connectivity index (χ3v) is 8.73. The lowest BCUT2D eigenvalue weighted by molar-refractivity contribution is 0.171. The highest BCUT2D eigenvalue weighted by Gasteiger charge is 2.32. The number of aromatic amines is 1. The number of aryl methyl sites for hydroxylation is 1. The number of aromatic nitrogens is 2. The van der Waals surface area contributed by atoms with E-state index in [9.17, 15) is 13.2 Å². The average molecular weight is 467 g/mol. The van der Waals surface area contributed by atoms with Gasteiger partial charge in [0.05, 0.1) is 23.2 Å². The van der Waals surface area contributed by atoms with Gasteiger partial charge in [-0.2, -0.15) is 4.31 Å². The number of nitrogens with zero attached hydrogens (tertiary/aromatic N) is 3. The molecule has 3 aromatic rings. The van der Waals surface area contributed by atoms with Crippen LogP contribution in [0.15, 0.2) is 64.3 Å². The number of hydrogen-bond acceptors (Lipinski definition) is 4. The number of nitrogens with one attached hydrogen (secondary N) is 1. The first-order chi connectivity index (χ1) is 15.9. The molecule has 1 fully saturated rings. The van der Waals surface area contributed by atoms with Crippen molar-refractivity contribution in [1.82, 2.24) is 19.0 Å². The van der Waals surface area contributed by atoms with Gasteiger partial charge in [0.15, 0.2) is 0 Å². The molecule has 0 spiro atoms. The van der Waals surface area contributed by atoms with Crippen LogP contribution < -0.4 is 5.56 Å². The molecule has 3 heterocycles. The average Bonchev–Trinajstić information content (AvgIpc) is 3.16. The van der Waals surface area contributed by atoms with E-state index in [1.165, 1.54) is 9.87 Å². The van der Waals surface area contributed by atoms with Crippen molar-refractivity contribution in [3.8, 4) is 0 Å². The van der Waals surface area contributed by atoms with E-state index in [1.54, 1.807) is 16.8 Å². The van der Waals surface area contributed by atoms with Crippen LogP contribution in [0.3, 0.4) is 0 Å². The molecule has 0 saturated carbocycles. The summed E-state index contributed by atoms with van der Waals surface area (Å²) in [5.74, 6) is 0. The van der Waals surface area contributed by atoms with Gasteiger partial charge in [0.25, 0.3) is 5.56 Å². The number of fused-ring (bicyclic) bond motifs is 1. The van der Waals surface area contributed by atoms with Gasteiger partial charge in [0.2, 0.25) is 10.0 Å². The molecular weight excluding hydrogens is 436 g/mol. The van der Waals surface area contributed by atoms with Gasteiger partial charge < -0.3 is 0 Å². The number of sulfonamides is 1. The summed E-state index contributed by atoms with van der Waals surface area (Å²) in [4.78, 5) is 15.8. The quantitative estimate of drug-likeness (QED) is 0.627. The normalized spacial score (nSPS) is 18.3. The molecule has 33 heavy (non-hydrogen) atoms. The Morgan fingerprint density at radius 3 is 2.36 bits per heavy atom. The lowest BCUT2D eigenvalue weighted by atomic mass is 10.0. The van der Waals surface area contributed by atoms with E-state index in [0.717, 1.165) is 49.3 Å². The van der Waals surface area contributed by atoms with Crippen molar-refractivity contribution < 1.29 is 8.42 Å². The molecule has 174 valence electrons. The van der Waals surface area contributed by atoms with E-state index < -0.39 is 10.0 Å². The van der Waals surface area contributed by atoms with Gasteiger partial charge in [0, 0.05) is 31.7 Å². The van der Waals surface area contributed by atoms with Gasteiger partial charge in [-0.1, -0.05) is 48.0 Å². The lowest BCUT2D eigenvalue weighted by Gasteiger charge is -2.32. The van der Waals surface area contributed by atoms with Crippen LogP contribution in [0.25, 0.3) is 0 Å². The molecule has 2 aromatic carbocycles. The van der Waals surface area contributed by atoms with Gasteiger partial charge in [-0.15, -0.1) is 0 Å². The van der Waals surface area contributed by atoms with Gasteiger partial charge in [-0.25, -0.2) is 13.1 Å². The highest BCUT2D eigenvalue weighted by molar-refractivity contribution is 7.89. The molecule has 0 aliphatic carbocycles. The van der Waals surface area contributed by atoms with E-state index in [0.29, 0.717) is 17.9 Å². The summed E-state index contributed by atoms with van der Waals surface area (Å²) >= 11 is 0. The molecule has 1 aromatic heterocycles. The Balaban J connectivity index is 1.28. The monoisotopic (exact) mass is 466 g/mol. The first-order valence-corrected chi connectivity index (χ1v) is 13.0. The summed E-state index contributed by atoms with van der Waals surface area (Å²) in [6.07, 6.45) is 2.24. The summed E-state index contributed by atoms with van der Waals surface area (Å²) in [7, 11) is -3.59. The van der Waals surface area contributed by atoms with Crippen molar-refractivity contribution >= 4 is 10.0 Å². The van der Waals surface area contributed by atoms with E-state index in [-0.39, 0.29) is 18.1 Å². The smallest absolute Gasteiger partial charge is 0.270 e. The fraction of sp³-hybridized carbons (Fsp3) is 0.400. The SMILES string of the molecule is Cc1ccc(S(=O)(=O)N2CCc3c([nH]n(C4CCN(Cc5ccccc5)CC4)c3=O)C2)cc1. The van der Waals surface area contributed by atoms with Crippen LogP contribution in [0.2, 0.25) is 0 Å². The number of H-pyrrole nitrogens is 1. The summed E-state index contributed by atoms with van der Waals surface area (Å²) in [6.45, 7) is 5.26. The van der Waals surface area contributed by atoms with E-state index in [1.807, 2.05) is 25.1 Å². The molecule has 0 atom stereocenters. The van der Waals surface area contributed by atoms with Crippen molar-refractivity contribution in [3.63, 3.8) is 0 Å². The van der Waals surface area contributed by atoms with Crippen LogP contribution in [0.4, 0.5) is 0 Å². The van der Waals surface area contributed by atoms with Gasteiger partial charge in [-0.05, 0) is 43.9 Å². The second kappa shape index (κ2) is 8.93. The number of likely N-dealkylation sites (tertiary alicyclic amines) is 1. The summed E-state index contributed by atoms with van der Waals surface area (Å²) in [5, 5.41) is 3.28. The Hall–Kier alpha value is -2.68. The maximum atomic E-state index is 13.1. The molecule has 0 radical (unpaired) electrons. The Morgan fingerprint density at radius 2 is 1.67 bits per heavy atom. The van der Waals surface area contributed by atoms with Gasteiger partial charge in [-0.3, -0.25) is 14.8 Å². The Bertz CT molecular complexity index is 1270.